The Labute approximate surface area is 59.0 Å². The number of nitrogens with zero attached hydrogens (tertiary/aromatic N) is 2. The largest absolute Gasteiger partial charge is 0.352 e. The van der Waals surface area contributed by atoms with Crippen molar-refractivity contribution < 1.29 is 4.79 Å². The average molecular weight is 138 g/mol. The highest BCUT2D eigenvalue weighted by molar-refractivity contribution is 6.12. The van der Waals surface area contributed by atoms with Gasteiger partial charge in [0.05, 0.1) is 18.0 Å². The first-order chi connectivity index (χ1) is 4.84. The molecule has 1 aliphatic heterocycles. The van der Waals surface area contributed by atoms with E-state index in [4.69, 9.17) is 0 Å². The Morgan fingerprint density at radius 2 is 2.60 bits per heavy atom. The molecule has 1 amide bonds. The predicted octanol–water partition coefficient (Wildman–Crippen LogP) is -0.390. The molecule has 0 fully saturated rings. The van der Waals surface area contributed by atoms with E-state index in [0.29, 0.717) is 12.1 Å². The van der Waals surface area contributed by atoms with E-state index in [0.717, 1.165) is 0 Å². The zero-order valence-corrected chi connectivity index (χ0v) is 5.66. The molecule has 0 saturated carbocycles. The van der Waals surface area contributed by atoms with E-state index in [9.17, 15) is 4.79 Å². The summed E-state index contributed by atoms with van der Waals surface area (Å²) < 4.78 is 0. The number of amides is 1. The zero-order chi connectivity index (χ0) is 7.40. The number of carbonyl (C=O) groups is 1. The van der Waals surface area contributed by atoms with Crippen LogP contribution < -0.4 is 10.7 Å². The molecule has 0 saturated heterocycles. The van der Waals surface area contributed by atoms with Gasteiger partial charge >= 0.3 is 0 Å². The molecule has 0 aliphatic carbocycles. The SMILES string of the molecule is CCNC(=O)C1=C[N]N=C1. The first kappa shape index (κ1) is 6.80. The number of rotatable bonds is 2. The third-order valence-corrected chi connectivity index (χ3v) is 1.06. The highest BCUT2D eigenvalue weighted by atomic mass is 16.1. The molecule has 0 unspecified atom stereocenters. The molecule has 4 nitrogen and oxygen atoms in total. The molecule has 1 radical (unpaired) electrons. The van der Waals surface area contributed by atoms with Gasteiger partial charge in [-0.15, -0.1) is 0 Å². The smallest absolute Gasteiger partial charge is 0.254 e. The van der Waals surface area contributed by atoms with E-state index in [1.807, 2.05) is 6.92 Å². The summed E-state index contributed by atoms with van der Waals surface area (Å²) in [7, 11) is 0. The summed E-state index contributed by atoms with van der Waals surface area (Å²) in [5.41, 5.74) is 4.03. The summed E-state index contributed by atoms with van der Waals surface area (Å²) in [5.74, 6) is -0.118. The molecular formula is C6H8N3O. The molecule has 0 aromatic rings. The van der Waals surface area contributed by atoms with E-state index in [-0.39, 0.29) is 5.91 Å². The van der Waals surface area contributed by atoms with Crippen molar-refractivity contribution in [2.75, 3.05) is 6.54 Å². The highest BCUT2D eigenvalue weighted by Gasteiger charge is 2.08. The van der Waals surface area contributed by atoms with E-state index >= 15 is 0 Å². The zero-order valence-electron chi connectivity index (χ0n) is 5.66. The Morgan fingerprint density at radius 3 is 3.10 bits per heavy atom. The molecular weight excluding hydrogens is 130 g/mol. The van der Waals surface area contributed by atoms with Crippen LogP contribution in [0.15, 0.2) is 16.9 Å². The first-order valence-electron chi connectivity index (χ1n) is 3.06. The highest BCUT2D eigenvalue weighted by Crippen LogP contribution is 1.94. The van der Waals surface area contributed by atoms with Crippen LogP contribution >= 0.6 is 0 Å². The summed E-state index contributed by atoms with van der Waals surface area (Å²) in [5, 5.41) is 6.14. The van der Waals surface area contributed by atoms with Crippen LogP contribution in [0.1, 0.15) is 6.92 Å². The fourth-order valence-electron chi connectivity index (χ4n) is 0.604. The summed E-state index contributed by atoms with van der Waals surface area (Å²) in [6, 6.07) is 0. The van der Waals surface area contributed by atoms with E-state index in [1.54, 1.807) is 0 Å². The van der Waals surface area contributed by atoms with Crippen molar-refractivity contribution in [2.24, 2.45) is 5.10 Å². The molecule has 0 bridgehead atoms. The number of hydrogen-bond acceptors (Lipinski definition) is 2. The predicted molar refractivity (Wildman–Crippen MR) is 37.4 cm³/mol. The molecule has 1 rings (SSSR count). The number of nitrogens with one attached hydrogen (secondary N) is 1. The lowest BCUT2D eigenvalue weighted by molar-refractivity contribution is -0.116. The summed E-state index contributed by atoms with van der Waals surface area (Å²) in [4.78, 5) is 10.9. The molecule has 1 heterocycles. The maximum atomic E-state index is 10.9. The molecule has 1 aliphatic rings. The topological polar surface area (TPSA) is 55.6 Å². The van der Waals surface area contributed by atoms with Crippen LogP contribution in [-0.2, 0) is 4.79 Å². The third-order valence-electron chi connectivity index (χ3n) is 1.06. The molecule has 0 aromatic heterocycles. The van der Waals surface area contributed by atoms with Crippen molar-refractivity contribution in [3.8, 4) is 0 Å². The fourth-order valence-corrected chi connectivity index (χ4v) is 0.604. The van der Waals surface area contributed by atoms with Gasteiger partial charge in [-0.3, -0.25) is 4.79 Å². The van der Waals surface area contributed by atoms with Gasteiger partial charge in [0.25, 0.3) is 5.91 Å². The van der Waals surface area contributed by atoms with Crippen LogP contribution in [0.4, 0.5) is 0 Å². The molecule has 53 valence electrons. The Balaban J connectivity index is 2.48. The minimum Gasteiger partial charge on any atom is -0.352 e. The normalized spacial score (nSPS) is 14.3. The van der Waals surface area contributed by atoms with Crippen molar-refractivity contribution in [2.45, 2.75) is 6.92 Å². The lowest BCUT2D eigenvalue weighted by Gasteiger charge is -1.96. The second kappa shape index (κ2) is 3.00. The Morgan fingerprint density at radius 1 is 1.80 bits per heavy atom. The van der Waals surface area contributed by atoms with E-state index in [1.165, 1.54) is 12.4 Å². The lowest BCUT2D eigenvalue weighted by Crippen LogP contribution is -2.24. The number of carbonyl (C=O) groups excluding carboxylic acids is 1. The minimum absolute atomic E-state index is 0.118. The standard InChI is InChI=1S/C6H8N3O/c1-2-7-6(10)5-3-8-9-4-5/h3-4H,2H2,1H3,(H,7,10). The van der Waals surface area contributed by atoms with E-state index < -0.39 is 0 Å². The lowest BCUT2D eigenvalue weighted by atomic mass is 10.3. The first-order valence-corrected chi connectivity index (χ1v) is 3.06. The summed E-state index contributed by atoms with van der Waals surface area (Å²) in [6.45, 7) is 2.49. The summed E-state index contributed by atoms with van der Waals surface area (Å²) >= 11 is 0. The minimum atomic E-state index is -0.118. The van der Waals surface area contributed by atoms with Crippen molar-refractivity contribution in [3.05, 3.63) is 11.8 Å². The maximum absolute atomic E-state index is 10.9. The third kappa shape index (κ3) is 1.34. The maximum Gasteiger partial charge on any atom is 0.254 e. The van der Waals surface area contributed by atoms with Gasteiger partial charge in [-0.05, 0) is 6.92 Å². The van der Waals surface area contributed by atoms with Gasteiger partial charge in [0.1, 0.15) is 0 Å². The Kier molecular flexibility index (Phi) is 2.04. The number of hydrogen-bond donors (Lipinski definition) is 1. The second-order valence-corrected chi connectivity index (χ2v) is 1.80. The van der Waals surface area contributed by atoms with Gasteiger partial charge in [-0.2, -0.15) is 10.5 Å². The van der Waals surface area contributed by atoms with E-state index in [2.05, 4.69) is 15.8 Å². The molecule has 0 spiro atoms. The number of likely N-dealkylation sites (N-methyl/N-ethyl adjacent to an activating group) is 1. The van der Waals surface area contributed by atoms with Crippen LogP contribution in [0.5, 0.6) is 0 Å². The molecule has 4 heteroatoms. The van der Waals surface area contributed by atoms with Crippen molar-refractivity contribution >= 4 is 12.1 Å². The van der Waals surface area contributed by atoms with Crippen LogP contribution in [0.2, 0.25) is 0 Å². The summed E-state index contributed by atoms with van der Waals surface area (Å²) in [6.07, 6.45) is 2.87. The molecule has 0 aromatic carbocycles. The fraction of sp³-hybridized carbons (Fsp3) is 0.333. The quantitative estimate of drug-likeness (QED) is 0.555. The van der Waals surface area contributed by atoms with Gasteiger partial charge in [0, 0.05) is 6.54 Å². The van der Waals surface area contributed by atoms with Crippen molar-refractivity contribution in [3.63, 3.8) is 0 Å². The van der Waals surface area contributed by atoms with Gasteiger partial charge in [-0.1, -0.05) is 0 Å². The second-order valence-electron chi connectivity index (χ2n) is 1.80. The van der Waals surface area contributed by atoms with Gasteiger partial charge in [-0.25, -0.2) is 0 Å². The van der Waals surface area contributed by atoms with Crippen molar-refractivity contribution in [1.82, 2.24) is 10.7 Å². The Hall–Kier alpha value is -1.32. The molecule has 0 atom stereocenters. The monoisotopic (exact) mass is 138 g/mol. The average Bonchev–Trinajstić information content (AvgIpc) is 2.38. The van der Waals surface area contributed by atoms with Crippen molar-refractivity contribution in [1.29, 1.82) is 0 Å². The van der Waals surface area contributed by atoms with Crippen LogP contribution in [0.25, 0.3) is 0 Å². The van der Waals surface area contributed by atoms with Crippen LogP contribution in [-0.4, -0.2) is 18.7 Å². The molecule has 10 heavy (non-hydrogen) atoms. The van der Waals surface area contributed by atoms with Crippen LogP contribution in [0.3, 0.4) is 0 Å². The Bertz CT molecular complexity index is 195. The molecule has 1 N–H and O–H groups in total. The van der Waals surface area contributed by atoms with Gasteiger partial charge < -0.3 is 5.32 Å². The van der Waals surface area contributed by atoms with Crippen LogP contribution in [0, 0.1) is 0 Å². The van der Waals surface area contributed by atoms with Gasteiger partial charge in [0.15, 0.2) is 0 Å². The van der Waals surface area contributed by atoms with Gasteiger partial charge in [0.2, 0.25) is 0 Å².